The minimum absolute atomic E-state index is 0.0587. The van der Waals surface area contributed by atoms with Crippen LogP contribution in [0.15, 0.2) is 48.8 Å². The summed E-state index contributed by atoms with van der Waals surface area (Å²) in [6.07, 6.45) is 2.23. The van der Waals surface area contributed by atoms with Gasteiger partial charge in [-0.25, -0.2) is 0 Å². The Labute approximate surface area is 157 Å². The zero-order valence-corrected chi connectivity index (χ0v) is 15.1. The second-order valence-electron chi connectivity index (χ2n) is 7.08. The molecule has 1 aromatic heterocycles. The van der Waals surface area contributed by atoms with Gasteiger partial charge in [0.15, 0.2) is 0 Å². The Morgan fingerprint density at radius 3 is 2.74 bits per heavy atom. The normalized spacial score (nSPS) is 17.7. The molecule has 27 heavy (non-hydrogen) atoms. The molecule has 0 spiro atoms. The first kappa shape index (κ1) is 19.4. The van der Waals surface area contributed by atoms with E-state index in [0.29, 0.717) is 37.9 Å². The number of benzene rings is 1. The van der Waals surface area contributed by atoms with Gasteiger partial charge in [-0.15, -0.1) is 0 Å². The summed E-state index contributed by atoms with van der Waals surface area (Å²) in [5.41, 5.74) is 0.665. The zero-order valence-electron chi connectivity index (χ0n) is 15.1. The lowest BCUT2D eigenvalue weighted by molar-refractivity contribution is -0.138. The number of carbonyl (C=O) groups excluding carboxylic acids is 1. The maximum atomic E-state index is 13.1. The number of amides is 1. The van der Waals surface area contributed by atoms with Crippen molar-refractivity contribution in [2.75, 3.05) is 13.1 Å². The van der Waals surface area contributed by atoms with Crippen LogP contribution in [0, 0.1) is 5.92 Å². The van der Waals surface area contributed by atoms with Crippen LogP contribution < -0.4 is 0 Å². The molecule has 0 unspecified atom stereocenters. The van der Waals surface area contributed by atoms with Crippen molar-refractivity contribution in [1.29, 1.82) is 0 Å². The van der Waals surface area contributed by atoms with Gasteiger partial charge in [0.25, 0.3) is 0 Å². The highest BCUT2D eigenvalue weighted by molar-refractivity contribution is 5.78. The number of halogens is 3. The van der Waals surface area contributed by atoms with Crippen molar-refractivity contribution in [1.82, 2.24) is 9.88 Å². The molecule has 1 amide bonds. The van der Waals surface area contributed by atoms with Gasteiger partial charge in [-0.1, -0.05) is 24.3 Å². The Balaban J connectivity index is 1.57. The van der Waals surface area contributed by atoms with Gasteiger partial charge < -0.3 is 4.90 Å². The van der Waals surface area contributed by atoms with E-state index in [2.05, 4.69) is 4.98 Å². The largest absolute Gasteiger partial charge is 0.416 e. The van der Waals surface area contributed by atoms with E-state index in [-0.39, 0.29) is 11.8 Å². The summed E-state index contributed by atoms with van der Waals surface area (Å²) in [6.45, 7) is 1.34. The molecule has 1 aliphatic heterocycles. The SMILES string of the molecule is O=C(Cc1cccnc1)N1CCC[C@H](CCc2ccccc2C(F)(F)F)C1. The predicted molar refractivity (Wildman–Crippen MR) is 97.0 cm³/mol. The molecule has 2 heterocycles. The van der Waals surface area contributed by atoms with Gasteiger partial charge in [0.1, 0.15) is 0 Å². The molecule has 1 saturated heterocycles. The Hall–Kier alpha value is -2.37. The van der Waals surface area contributed by atoms with Crippen LogP contribution in [-0.2, 0) is 23.8 Å². The summed E-state index contributed by atoms with van der Waals surface area (Å²) in [5.74, 6) is 0.293. The van der Waals surface area contributed by atoms with Gasteiger partial charge in [-0.3, -0.25) is 9.78 Å². The van der Waals surface area contributed by atoms with Crippen LogP contribution in [-0.4, -0.2) is 28.9 Å². The van der Waals surface area contributed by atoms with Gasteiger partial charge in [-0.2, -0.15) is 13.2 Å². The molecule has 0 saturated carbocycles. The summed E-state index contributed by atoms with van der Waals surface area (Å²) in [7, 11) is 0. The van der Waals surface area contributed by atoms with Crippen LogP contribution in [0.25, 0.3) is 0 Å². The van der Waals surface area contributed by atoms with Crippen LogP contribution in [0.3, 0.4) is 0 Å². The van der Waals surface area contributed by atoms with Crippen molar-refractivity contribution in [2.24, 2.45) is 5.92 Å². The molecule has 2 aromatic rings. The lowest BCUT2D eigenvalue weighted by atomic mass is 9.90. The zero-order chi connectivity index (χ0) is 19.3. The Morgan fingerprint density at radius 1 is 1.19 bits per heavy atom. The Morgan fingerprint density at radius 2 is 2.00 bits per heavy atom. The molecule has 3 rings (SSSR count). The van der Waals surface area contributed by atoms with E-state index in [1.807, 2.05) is 11.0 Å². The molecule has 6 heteroatoms. The number of alkyl halides is 3. The summed E-state index contributed by atoms with van der Waals surface area (Å²) in [5, 5.41) is 0. The fourth-order valence-corrected chi connectivity index (χ4v) is 3.69. The Bertz CT molecular complexity index is 762. The fraction of sp³-hybridized carbons (Fsp3) is 0.429. The number of pyridine rings is 1. The molecule has 0 radical (unpaired) electrons. The van der Waals surface area contributed by atoms with E-state index in [4.69, 9.17) is 0 Å². The first-order valence-electron chi connectivity index (χ1n) is 9.25. The molecule has 144 valence electrons. The third-order valence-corrected chi connectivity index (χ3v) is 5.09. The van der Waals surface area contributed by atoms with Gasteiger partial charge in [-0.05, 0) is 54.9 Å². The van der Waals surface area contributed by atoms with Crippen molar-refractivity contribution >= 4 is 5.91 Å². The highest BCUT2D eigenvalue weighted by Crippen LogP contribution is 2.33. The number of hydrogen-bond donors (Lipinski definition) is 0. The van der Waals surface area contributed by atoms with Gasteiger partial charge >= 0.3 is 6.18 Å². The van der Waals surface area contributed by atoms with Crippen molar-refractivity contribution in [3.05, 3.63) is 65.5 Å². The summed E-state index contributed by atoms with van der Waals surface area (Å²) in [6, 6.07) is 9.44. The molecule has 0 N–H and O–H groups in total. The topological polar surface area (TPSA) is 33.2 Å². The summed E-state index contributed by atoms with van der Waals surface area (Å²) < 4.78 is 39.4. The predicted octanol–water partition coefficient (Wildman–Crippen LogP) is 4.51. The molecule has 0 bridgehead atoms. The summed E-state index contributed by atoms with van der Waals surface area (Å²) >= 11 is 0. The monoisotopic (exact) mass is 376 g/mol. The quantitative estimate of drug-likeness (QED) is 0.769. The highest BCUT2D eigenvalue weighted by Gasteiger charge is 2.33. The van der Waals surface area contributed by atoms with Crippen LogP contribution in [0.5, 0.6) is 0 Å². The average Bonchev–Trinajstić information content (AvgIpc) is 2.67. The molecule has 3 nitrogen and oxygen atoms in total. The van der Waals surface area contributed by atoms with Gasteiger partial charge in [0.2, 0.25) is 5.91 Å². The number of likely N-dealkylation sites (tertiary alicyclic amines) is 1. The molecule has 1 atom stereocenters. The molecular formula is C21H23F3N2O. The third kappa shape index (κ3) is 5.31. The van der Waals surface area contributed by atoms with Crippen LogP contribution in [0.2, 0.25) is 0 Å². The van der Waals surface area contributed by atoms with E-state index in [0.717, 1.165) is 24.5 Å². The van der Waals surface area contributed by atoms with Crippen molar-refractivity contribution in [3.8, 4) is 0 Å². The first-order valence-corrected chi connectivity index (χ1v) is 9.25. The van der Waals surface area contributed by atoms with Crippen molar-refractivity contribution in [2.45, 2.75) is 38.3 Å². The number of carbonyl (C=O) groups is 1. The standard InChI is InChI=1S/C21H23F3N2O/c22-21(23,24)19-8-2-1-7-18(19)10-9-16-6-4-12-26(15-16)20(27)13-17-5-3-11-25-14-17/h1-3,5,7-8,11,14,16H,4,6,9-10,12-13,15H2/t16-/m1/s1. The number of aromatic nitrogens is 1. The van der Waals surface area contributed by atoms with Gasteiger partial charge in [0.05, 0.1) is 12.0 Å². The van der Waals surface area contributed by atoms with Crippen LogP contribution in [0.4, 0.5) is 13.2 Å². The highest BCUT2D eigenvalue weighted by atomic mass is 19.4. The molecular weight excluding hydrogens is 353 g/mol. The third-order valence-electron chi connectivity index (χ3n) is 5.09. The molecule has 1 aliphatic rings. The lowest BCUT2D eigenvalue weighted by Gasteiger charge is -2.33. The van der Waals surface area contributed by atoms with Crippen LogP contribution in [0.1, 0.15) is 36.0 Å². The smallest absolute Gasteiger partial charge is 0.342 e. The minimum atomic E-state index is -4.32. The first-order chi connectivity index (χ1) is 12.9. The number of nitrogens with zero attached hydrogens (tertiary/aromatic N) is 2. The van der Waals surface area contributed by atoms with E-state index in [1.54, 1.807) is 30.6 Å². The fourth-order valence-electron chi connectivity index (χ4n) is 3.69. The van der Waals surface area contributed by atoms with E-state index in [1.165, 1.54) is 6.07 Å². The maximum Gasteiger partial charge on any atom is 0.416 e. The second kappa shape index (κ2) is 8.55. The second-order valence-corrected chi connectivity index (χ2v) is 7.08. The van der Waals surface area contributed by atoms with Crippen molar-refractivity contribution in [3.63, 3.8) is 0 Å². The van der Waals surface area contributed by atoms with Gasteiger partial charge in [0, 0.05) is 25.5 Å². The van der Waals surface area contributed by atoms with Crippen LogP contribution >= 0.6 is 0 Å². The number of hydrogen-bond acceptors (Lipinski definition) is 2. The number of rotatable bonds is 5. The number of aryl methyl sites for hydroxylation is 1. The molecule has 0 aliphatic carbocycles. The van der Waals surface area contributed by atoms with Crippen molar-refractivity contribution < 1.29 is 18.0 Å². The Kier molecular flexibility index (Phi) is 6.14. The van der Waals surface area contributed by atoms with E-state index >= 15 is 0 Å². The number of piperidine rings is 1. The average molecular weight is 376 g/mol. The lowest BCUT2D eigenvalue weighted by Crippen LogP contribution is -2.40. The molecule has 1 fully saturated rings. The molecule has 1 aromatic carbocycles. The summed E-state index contributed by atoms with van der Waals surface area (Å²) in [4.78, 5) is 18.4. The van der Waals surface area contributed by atoms with E-state index < -0.39 is 11.7 Å². The minimum Gasteiger partial charge on any atom is -0.342 e. The maximum absolute atomic E-state index is 13.1. The van der Waals surface area contributed by atoms with E-state index in [9.17, 15) is 18.0 Å².